The van der Waals surface area contributed by atoms with E-state index in [-0.39, 0.29) is 0 Å². The summed E-state index contributed by atoms with van der Waals surface area (Å²) < 4.78 is 0. The van der Waals surface area contributed by atoms with Gasteiger partial charge in [0.25, 0.3) is 0 Å². The zero-order valence-electron chi connectivity index (χ0n) is 16.1. The Morgan fingerprint density at radius 3 is 2.67 bits per heavy atom. The first kappa shape index (κ1) is 18.4. The van der Waals surface area contributed by atoms with Crippen molar-refractivity contribution in [1.29, 1.82) is 0 Å². The van der Waals surface area contributed by atoms with Gasteiger partial charge in [0.2, 0.25) is 5.95 Å². The Hall–Kier alpha value is -1.92. The van der Waals surface area contributed by atoms with Crippen molar-refractivity contribution in [3.63, 3.8) is 0 Å². The average Bonchev–Trinajstić information content (AvgIpc) is 3.10. The Kier molecular flexibility index (Phi) is 5.74. The standard InChI is InChI=1S/C21H27N5S/c1-15-10-16(2)12-17(11-15)24-21-22-7-6-19(25-21)20-23-13-18(27-20)14-26-8-4-3-5-9-26/h6-7,10-12,18H,3-5,8-9,13-14H2,1-2H3,(H,22,24,25). The first-order valence-electron chi connectivity index (χ1n) is 9.78. The van der Waals surface area contributed by atoms with E-state index in [4.69, 9.17) is 9.98 Å². The van der Waals surface area contributed by atoms with Crippen molar-refractivity contribution < 1.29 is 0 Å². The second kappa shape index (κ2) is 8.40. The van der Waals surface area contributed by atoms with E-state index in [0.717, 1.165) is 29.5 Å². The molecule has 3 heterocycles. The second-order valence-electron chi connectivity index (χ2n) is 7.51. The summed E-state index contributed by atoms with van der Waals surface area (Å²) in [5.41, 5.74) is 4.39. The number of nitrogens with zero attached hydrogens (tertiary/aromatic N) is 4. The molecular weight excluding hydrogens is 354 g/mol. The summed E-state index contributed by atoms with van der Waals surface area (Å²) in [5, 5.41) is 4.92. The van der Waals surface area contributed by atoms with Gasteiger partial charge in [-0.1, -0.05) is 24.2 Å². The van der Waals surface area contributed by atoms with Crippen molar-refractivity contribution in [1.82, 2.24) is 14.9 Å². The fraction of sp³-hybridized carbons (Fsp3) is 0.476. The number of rotatable bonds is 5. The predicted molar refractivity (Wildman–Crippen MR) is 114 cm³/mol. The molecule has 2 aromatic rings. The number of aromatic nitrogens is 2. The summed E-state index contributed by atoms with van der Waals surface area (Å²) in [6.07, 6.45) is 5.87. The van der Waals surface area contributed by atoms with Gasteiger partial charge in [-0.3, -0.25) is 4.99 Å². The number of hydrogen-bond acceptors (Lipinski definition) is 6. The molecule has 0 aliphatic carbocycles. The molecule has 2 aliphatic rings. The van der Waals surface area contributed by atoms with E-state index in [1.807, 2.05) is 24.0 Å². The highest BCUT2D eigenvalue weighted by Crippen LogP contribution is 2.27. The molecule has 0 saturated carbocycles. The molecule has 1 saturated heterocycles. The number of likely N-dealkylation sites (tertiary alicyclic amines) is 1. The van der Waals surface area contributed by atoms with Crippen LogP contribution in [0.15, 0.2) is 35.5 Å². The van der Waals surface area contributed by atoms with E-state index in [1.54, 1.807) is 0 Å². The highest BCUT2D eigenvalue weighted by molar-refractivity contribution is 8.15. The van der Waals surface area contributed by atoms with E-state index in [9.17, 15) is 0 Å². The van der Waals surface area contributed by atoms with Gasteiger partial charge in [-0.15, -0.1) is 0 Å². The van der Waals surface area contributed by atoms with Crippen molar-refractivity contribution in [2.24, 2.45) is 4.99 Å². The van der Waals surface area contributed by atoms with Gasteiger partial charge in [0.1, 0.15) is 10.7 Å². The first-order valence-corrected chi connectivity index (χ1v) is 10.7. The van der Waals surface area contributed by atoms with Crippen LogP contribution in [0.5, 0.6) is 0 Å². The Balaban J connectivity index is 1.40. The quantitative estimate of drug-likeness (QED) is 0.842. The summed E-state index contributed by atoms with van der Waals surface area (Å²) in [6.45, 7) is 8.70. The van der Waals surface area contributed by atoms with Crippen LogP contribution in [0.25, 0.3) is 0 Å². The van der Waals surface area contributed by atoms with E-state index in [2.05, 4.69) is 47.2 Å². The van der Waals surface area contributed by atoms with Crippen LogP contribution >= 0.6 is 11.8 Å². The van der Waals surface area contributed by atoms with Gasteiger partial charge in [-0.2, -0.15) is 0 Å². The van der Waals surface area contributed by atoms with Gasteiger partial charge in [-0.05, 0) is 69.1 Å². The molecule has 1 aromatic carbocycles. The lowest BCUT2D eigenvalue weighted by Gasteiger charge is -2.28. The second-order valence-corrected chi connectivity index (χ2v) is 8.80. The minimum absolute atomic E-state index is 0.545. The number of piperidine rings is 1. The highest BCUT2D eigenvalue weighted by Gasteiger charge is 2.24. The smallest absolute Gasteiger partial charge is 0.227 e. The van der Waals surface area contributed by atoms with Crippen LogP contribution in [0.1, 0.15) is 36.1 Å². The molecule has 27 heavy (non-hydrogen) atoms. The highest BCUT2D eigenvalue weighted by atomic mass is 32.2. The lowest BCUT2D eigenvalue weighted by atomic mass is 10.1. The van der Waals surface area contributed by atoms with Crippen molar-refractivity contribution in [2.75, 3.05) is 31.5 Å². The Labute approximate surface area is 165 Å². The lowest BCUT2D eigenvalue weighted by Crippen LogP contribution is -2.35. The molecule has 1 aromatic heterocycles. The molecule has 1 N–H and O–H groups in total. The SMILES string of the molecule is Cc1cc(C)cc(Nc2nccc(C3=NCC(CN4CCCCC4)S3)n2)c1. The molecule has 1 fully saturated rings. The van der Waals surface area contributed by atoms with E-state index >= 15 is 0 Å². The van der Waals surface area contributed by atoms with Crippen LogP contribution in [0, 0.1) is 13.8 Å². The van der Waals surface area contributed by atoms with Crippen LogP contribution in [0.3, 0.4) is 0 Å². The lowest BCUT2D eigenvalue weighted by molar-refractivity contribution is 0.231. The molecule has 0 amide bonds. The van der Waals surface area contributed by atoms with Gasteiger partial charge in [0.15, 0.2) is 0 Å². The van der Waals surface area contributed by atoms with Crippen LogP contribution in [-0.4, -0.2) is 51.3 Å². The average molecular weight is 382 g/mol. The zero-order valence-corrected chi connectivity index (χ0v) is 16.9. The number of hydrogen-bond donors (Lipinski definition) is 1. The third kappa shape index (κ3) is 4.87. The van der Waals surface area contributed by atoms with E-state index in [0.29, 0.717) is 11.2 Å². The summed E-state index contributed by atoms with van der Waals surface area (Å²) in [5.74, 6) is 0.625. The fourth-order valence-corrected chi connectivity index (χ4v) is 4.93. The third-order valence-corrected chi connectivity index (χ3v) is 6.17. The maximum atomic E-state index is 4.76. The molecule has 6 heteroatoms. The fourth-order valence-electron chi connectivity index (χ4n) is 3.80. The number of aryl methyl sites for hydroxylation is 2. The topological polar surface area (TPSA) is 53.4 Å². The summed E-state index contributed by atoms with van der Waals surface area (Å²) >= 11 is 1.87. The molecule has 1 unspecified atom stereocenters. The maximum absolute atomic E-state index is 4.76. The molecule has 4 rings (SSSR count). The normalized spacial score (nSPS) is 20.5. The summed E-state index contributed by atoms with van der Waals surface area (Å²) in [4.78, 5) is 16.4. The molecule has 2 aliphatic heterocycles. The Bertz CT molecular complexity index is 809. The first-order chi connectivity index (χ1) is 13.2. The number of thioether (sulfide) groups is 1. The van der Waals surface area contributed by atoms with Crippen LogP contribution in [0.4, 0.5) is 11.6 Å². The molecule has 0 spiro atoms. The molecule has 5 nitrogen and oxygen atoms in total. The number of nitrogens with one attached hydrogen (secondary N) is 1. The predicted octanol–water partition coefficient (Wildman–Crippen LogP) is 4.18. The largest absolute Gasteiger partial charge is 0.324 e. The summed E-state index contributed by atoms with van der Waals surface area (Å²) in [7, 11) is 0. The van der Waals surface area contributed by atoms with E-state index < -0.39 is 0 Å². The zero-order chi connectivity index (χ0) is 18.6. The molecular formula is C21H27N5S. The van der Waals surface area contributed by atoms with Gasteiger partial charge >= 0.3 is 0 Å². The van der Waals surface area contributed by atoms with Crippen LogP contribution < -0.4 is 5.32 Å². The number of anilines is 2. The maximum Gasteiger partial charge on any atom is 0.227 e. The Morgan fingerprint density at radius 2 is 1.89 bits per heavy atom. The summed E-state index contributed by atoms with van der Waals surface area (Å²) in [6, 6.07) is 8.34. The molecule has 142 valence electrons. The minimum atomic E-state index is 0.545. The third-order valence-electron chi connectivity index (χ3n) is 4.98. The van der Waals surface area contributed by atoms with Crippen molar-refractivity contribution >= 4 is 28.4 Å². The molecule has 0 bridgehead atoms. The van der Waals surface area contributed by atoms with E-state index in [1.165, 1.54) is 43.5 Å². The van der Waals surface area contributed by atoms with Crippen LogP contribution in [0.2, 0.25) is 0 Å². The van der Waals surface area contributed by atoms with Gasteiger partial charge in [-0.25, -0.2) is 9.97 Å². The van der Waals surface area contributed by atoms with Gasteiger partial charge < -0.3 is 10.2 Å². The van der Waals surface area contributed by atoms with Gasteiger partial charge in [0, 0.05) is 23.7 Å². The van der Waals surface area contributed by atoms with Crippen LogP contribution in [-0.2, 0) is 0 Å². The van der Waals surface area contributed by atoms with Gasteiger partial charge in [0.05, 0.1) is 6.54 Å². The monoisotopic (exact) mass is 381 g/mol. The molecule has 0 radical (unpaired) electrons. The minimum Gasteiger partial charge on any atom is -0.324 e. The number of benzene rings is 1. The Morgan fingerprint density at radius 1 is 1.11 bits per heavy atom. The number of aliphatic imine (C=N–C) groups is 1. The van der Waals surface area contributed by atoms with Crippen molar-refractivity contribution in [2.45, 2.75) is 38.4 Å². The van der Waals surface area contributed by atoms with Crippen molar-refractivity contribution in [3.05, 3.63) is 47.3 Å². The molecule has 1 atom stereocenters. The van der Waals surface area contributed by atoms with Crippen molar-refractivity contribution in [3.8, 4) is 0 Å².